The number of hydrogen-bond donors (Lipinski definition) is 1. The molecule has 3 nitrogen and oxygen atoms in total. The SMILES string of the molecule is CCN(Cc1ccccc1)C(=O)NC(C)(C)C. The maximum atomic E-state index is 12.0. The summed E-state index contributed by atoms with van der Waals surface area (Å²) in [6, 6.07) is 10.0. The van der Waals surface area contributed by atoms with E-state index in [4.69, 9.17) is 0 Å². The Morgan fingerprint density at radius 1 is 1.24 bits per heavy atom. The van der Waals surface area contributed by atoms with Crippen LogP contribution in [0.3, 0.4) is 0 Å². The van der Waals surface area contributed by atoms with Gasteiger partial charge in [-0.15, -0.1) is 0 Å². The van der Waals surface area contributed by atoms with E-state index in [1.54, 1.807) is 4.90 Å². The van der Waals surface area contributed by atoms with Gasteiger partial charge in [-0.2, -0.15) is 0 Å². The largest absolute Gasteiger partial charge is 0.333 e. The molecule has 1 aromatic carbocycles. The number of urea groups is 1. The van der Waals surface area contributed by atoms with E-state index in [1.807, 2.05) is 58.0 Å². The van der Waals surface area contributed by atoms with Gasteiger partial charge in [0.1, 0.15) is 0 Å². The summed E-state index contributed by atoms with van der Waals surface area (Å²) in [7, 11) is 0. The molecule has 0 spiro atoms. The fourth-order valence-electron chi connectivity index (χ4n) is 1.53. The number of amides is 2. The molecular weight excluding hydrogens is 212 g/mol. The molecule has 0 fully saturated rings. The second-order valence-electron chi connectivity index (χ2n) is 5.18. The zero-order valence-corrected chi connectivity index (χ0v) is 11.2. The van der Waals surface area contributed by atoms with Gasteiger partial charge in [0.05, 0.1) is 0 Å². The van der Waals surface area contributed by atoms with Crippen LogP contribution < -0.4 is 5.32 Å². The number of nitrogens with one attached hydrogen (secondary N) is 1. The van der Waals surface area contributed by atoms with Crippen LogP contribution in [0, 0.1) is 0 Å². The lowest BCUT2D eigenvalue weighted by Gasteiger charge is -2.27. The lowest BCUT2D eigenvalue weighted by molar-refractivity contribution is 0.189. The molecule has 1 aromatic rings. The highest BCUT2D eigenvalue weighted by molar-refractivity contribution is 5.74. The van der Waals surface area contributed by atoms with Crippen LogP contribution in [0.2, 0.25) is 0 Å². The van der Waals surface area contributed by atoms with Crippen molar-refractivity contribution in [1.29, 1.82) is 0 Å². The summed E-state index contributed by atoms with van der Waals surface area (Å²) in [6.07, 6.45) is 0. The molecular formula is C14H22N2O. The Labute approximate surface area is 104 Å². The Morgan fingerprint density at radius 3 is 2.29 bits per heavy atom. The lowest BCUT2D eigenvalue weighted by atomic mass is 10.1. The van der Waals surface area contributed by atoms with Crippen molar-refractivity contribution in [3.05, 3.63) is 35.9 Å². The highest BCUT2D eigenvalue weighted by atomic mass is 16.2. The molecule has 94 valence electrons. The van der Waals surface area contributed by atoms with E-state index in [2.05, 4.69) is 5.32 Å². The summed E-state index contributed by atoms with van der Waals surface area (Å²) in [6.45, 7) is 9.31. The van der Waals surface area contributed by atoms with Gasteiger partial charge >= 0.3 is 6.03 Å². The minimum atomic E-state index is -0.193. The predicted octanol–water partition coefficient (Wildman–Crippen LogP) is 3.02. The van der Waals surface area contributed by atoms with E-state index in [0.717, 1.165) is 5.56 Å². The zero-order valence-electron chi connectivity index (χ0n) is 11.2. The van der Waals surface area contributed by atoms with Gasteiger partial charge < -0.3 is 10.2 Å². The third-order valence-corrected chi connectivity index (χ3v) is 2.37. The van der Waals surface area contributed by atoms with Gasteiger partial charge in [-0.1, -0.05) is 30.3 Å². The Morgan fingerprint density at radius 2 is 1.82 bits per heavy atom. The standard InChI is InChI=1S/C14H22N2O/c1-5-16(13(17)15-14(2,3)4)11-12-9-7-6-8-10-12/h6-10H,5,11H2,1-4H3,(H,15,17). The third kappa shape index (κ3) is 4.89. The maximum Gasteiger partial charge on any atom is 0.318 e. The van der Waals surface area contributed by atoms with E-state index in [0.29, 0.717) is 13.1 Å². The number of rotatable bonds is 3. The van der Waals surface area contributed by atoms with Crippen LogP contribution in [0.1, 0.15) is 33.3 Å². The molecule has 3 heteroatoms. The van der Waals surface area contributed by atoms with Crippen molar-refractivity contribution in [1.82, 2.24) is 10.2 Å². The first kappa shape index (κ1) is 13.6. The molecule has 1 N–H and O–H groups in total. The molecule has 1 rings (SSSR count). The van der Waals surface area contributed by atoms with Crippen molar-refractivity contribution >= 4 is 6.03 Å². The van der Waals surface area contributed by atoms with Crippen molar-refractivity contribution in [2.75, 3.05) is 6.54 Å². The first-order valence-electron chi connectivity index (χ1n) is 6.03. The molecule has 0 bridgehead atoms. The van der Waals surface area contributed by atoms with E-state index < -0.39 is 0 Å². The second kappa shape index (κ2) is 5.71. The summed E-state index contributed by atoms with van der Waals surface area (Å²) >= 11 is 0. The summed E-state index contributed by atoms with van der Waals surface area (Å²) in [5, 5.41) is 2.98. The average Bonchev–Trinajstić information content (AvgIpc) is 2.24. The topological polar surface area (TPSA) is 32.3 Å². The van der Waals surface area contributed by atoms with Gasteiger partial charge in [-0.05, 0) is 33.3 Å². The Balaban J connectivity index is 2.63. The molecule has 2 amide bonds. The van der Waals surface area contributed by atoms with Gasteiger partial charge in [0, 0.05) is 18.6 Å². The number of nitrogens with zero attached hydrogens (tertiary/aromatic N) is 1. The lowest BCUT2D eigenvalue weighted by Crippen LogP contribution is -2.48. The first-order valence-corrected chi connectivity index (χ1v) is 6.03. The molecule has 0 aliphatic carbocycles. The Bertz CT molecular complexity index is 354. The molecule has 17 heavy (non-hydrogen) atoms. The van der Waals surface area contributed by atoms with E-state index >= 15 is 0 Å². The highest BCUT2D eigenvalue weighted by Crippen LogP contribution is 2.06. The van der Waals surface area contributed by atoms with E-state index in [1.165, 1.54) is 0 Å². The number of carbonyl (C=O) groups is 1. The maximum absolute atomic E-state index is 12.0. The van der Waals surface area contributed by atoms with Gasteiger partial charge in [-0.3, -0.25) is 0 Å². The number of hydrogen-bond acceptors (Lipinski definition) is 1. The van der Waals surface area contributed by atoms with Crippen molar-refractivity contribution < 1.29 is 4.79 Å². The summed E-state index contributed by atoms with van der Waals surface area (Å²) in [4.78, 5) is 13.8. The minimum Gasteiger partial charge on any atom is -0.333 e. The Hall–Kier alpha value is -1.51. The van der Waals surface area contributed by atoms with Crippen LogP contribution in [0.25, 0.3) is 0 Å². The Kier molecular flexibility index (Phi) is 4.55. The summed E-state index contributed by atoms with van der Waals surface area (Å²) in [5.41, 5.74) is 0.958. The van der Waals surface area contributed by atoms with Gasteiger partial charge in [-0.25, -0.2) is 4.79 Å². The molecule has 0 aliphatic heterocycles. The van der Waals surface area contributed by atoms with Gasteiger partial charge in [0.25, 0.3) is 0 Å². The van der Waals surface area contributed by atoms with Crippen molar-refractivity contribution in [2.45, 2.75) is 39.8 Å². The van der Waals surface area contributed by atoms with Crippen LogP contribution in [0.5, 0.6) is 0 Å². The van der Waals surface area contributed by atoms with Crippen LogP contribution >= 0.6 is 0 Å². The fourth-order valence-corrected chi connectivity index (χ4v) is 1.53. The van der Waals surface area contributed by atoms with Crippen molar-refractivity contribution in [3.63, 3.8) is 0 Å². The average molecular weight is 234 g/mol. The molecule has 0 saturated carbocycles. The van der Waals surface area contributed by atoms with Crippen molar-refractivity contribution in [2.24, 2.45) is 0 Å². The number of benzene rings is 1. The quantitative estimate of drug-likeness (QED) is 0.856. The molecule has 0 aliphatic rings. The minimum absolute atomic E-state index is 0.0103. The molecule has 0 heterocycles. The van der Waals surface area contributed by atoms with Crippen LogP contribution in [0.4, 0.5) is 4.79 Å². The van der Waals surface area contributed by atoms with E-state index in [-0.39, 0.29) is 11.6 Å². The normalized spacial score (nSPS) is 11.1. The monoisotopic (exact) mass is 234 g/mol. The van der Waals surface area contributed by atoms with Gasteiger partial charge in [0.2, 0.25) is 0 Å². The molecule has 0 atom stereocenters. The fraction of sp³-hybridized carbons (Fsp3) is 0.500. The van der Waals surface area contributed by atoms with Crippen molar-refractivity contribution in [3.8, 4) is 0 Å². The molecule has 0 saturated heterocycles. The third-order valence-electron chi connectivity index (χ3n) is 2.37. The molecule has 0 unspecified atom stereocenters. The van der Waals surface area contributed by atoms with E-state index in [9.17, 15) is 4.79 Å². The molecule has 0 aromatic heterocycles. The highest BCUT2D eigenvalue weighted by Gasteiger charge is 2.18. The first-order chi connectivity index (χ1) is 7.92. The van der Waals surface area contributed by atoms with Crippen LogP contribution in [-0.2, 0) is 6.54 Å². The van der Waals surface area contributed by atoms with Crippen LogP contribution in [-0.4, -0.2) is 23.0 Å². The van der Waals surface area contributed by atoms with Crippen LogP contribution in [0.15, 0.2) is 30.3 Å². The second-order valence-corrected chi connectivity index (χ2v) is 5.18. The smallest absolute Gasteiger partial charge is 0.318 e. The summed E-state index contributed by atoms with van der Waals surface area (Å²) in [5.74, 6) is 0. The predicted molar refractivity (Wildman–Crippen MR) is 70.8 cm³/mol. The van der Waals surface area contributed by atoms with Gasteiger partial charge in [0.15, 0.2) is 0 Å². The molecule has 0 radical (unpaired) electrons. The number of carbonyl (C=O) groups excluding carboxylic acids is 1. The zero-order chi connectivity index (χ0) is 12.9. The summed E-state index contributed by atoms with van der Waals surface area (Å²) < 4.78 is 0.